The molecule has 0 radical (unpaired) electrons. The van der Waals surface area contributed by atoms with Crippen LogP contribution in [0, 0.1) is 0 Å². The average Bonchev–Trinajstić information content (AvgIpc) is 3.69. The summed E-state index contributed by atoms with van der Waals surface area (Å²) in [6, 6.07) is 28.9. The van der Waals surface area contributed by atoms with Crippen LogP contribution in [-0.2, 0) is 0 Å². The zero-order valence-corrected chi connectivity index (χ0v) is 26.9. The zero-order chi connectivity index (χ0) is 45.0. The minimum absolute atomic E-state index is 0.0546. The summed E-state index contributed by atoms with van der Waals surface area (Å²) >= 11 is 0. The molecule has 10 aromatic rings. The molecule has 1 nitrogen and oxygen atoms in total. The van der Waals surface area contributed by atoms with Gasteiger partial charge in [0.2, 0.25) is 0 Å². The van der Waals surface area contributed by atoms with Gasteiger partial charge in [0.05, 0.1) is 17.8 Å². The first-order valence-electron chi connectivity index (χ1n) is 23.0. The van der Waals surface area contributed by atoms with Gasteiger partial charge in [-0.05, 0) is 101 Å². The van der Waals surface area contributed by atoms with E-state index in [-0.39, 0.29) is 58.0 Å². The molecule has 0 unspecified atom stereocenters. The van der Waals surface area contributed by atoms with E-state index in [4.69, 9.17) is 18.1 Å². The molecule has 9 aromatic carbocycles. The molecule has 51 heavy (non-hydrogen) atoms. The van der Waals surface area contributed by atoms with Crippen molar-refractivity contribution in [2.24, 2.45) is 0 Å². The molecule has 0 bridgehead atoms. The Morgan fingerprint density at radius 3 is 1.67 bits per heavy atom. The maximum Gasteiger partial charge on any atom is 0.136 e. The zero-order valence-electron chi connectivity index (χ0n) is 39.9. The van der Waals surface area contributed by atoms with Gasteiger partial charge < -0.3 is 4.42 Å². The fourth-order valence-electron chi connectivity index (χ4n) is 7.19. The summed E-state index contributed by atoms with van der Waals surface area (Å²) in [5.74, 6) is 0. The summed E-state index contributed by atoms with van der Waals surface area (Å²) in [5, 5.41) is 4.06. The van der Waals surface area contributed by atoms with Crippen LogP contribution in [0.1, 0.15) is 17.8 Å². The van der Waals surface area contributed by atoms with E-state index in [1.54, 1.807) is 48.5 Å². The van der Waals surface area contributed by atoms with Gasteiger partial charge in [0.25, 0.3) is 0 Å². The van der Waals surface area contributed by atoms with Crippen molar-refractivity contribution < 1.29 is 22.2 Å². The summed E-state index contributed by atoms with van der Waals surface area (Å²) in [6.07, 6.45) is 0. The lowest BCUT2D eigenvalue weighted by molar-refractivity contribution is 0.669. The van der Waals surface area contributed by atoms with Gasteiger partial charge in [-0.2, -0.15) is 0 Å². The number of hydrogen-bond donors (Lipinski definition) is 0. The molecule has 0 saturated carbocycles. The van der Waals surface area contributed by atoms with E-state index in [0.717, 1.165) is 21.9 Å². The Labute approximate surface area is 315 Å². The Kier molecular flexibility index (Phi) is 4.45. The highest BCUT2D eigenvalue weighted by molar-refractivity contribution is 6.26. The highest BCUT2D eigenvalue weighted by Crippen LogP contribution is 2.48. The van der Waals surface area contributed by atoms with Crippen LogP contribution in [-0.4, -0.2) is 0 Å². The lowest BCUT2D eigenvalue weighted by Crippen LogP contribution is -1.93. The van der Waals surface area contributed by atoms with Crippen molar-refractivity contribution in [2.45, 2.75) is 0 Å². The number of rotatable bonds is 5. The second kappa shape index (κ2) is 12.0. The molecule has 0 N–H and O–H groups in total. The maximum atomic E-state index is 10.0. The molecule has 0 aliphatic carbocycles. The van der Waals surface area contributed by atoms with Crippen LogP contribution in [0.5, 0.6) is 0 Å². The molecule has 10 rings (SSSR count). The molecule has 0 spiro atoms. The molecule has 1 aromatic heterocycles. The summed E-state index contributed by atoms with van der Waals surface area (Å²) in [5.41, 5.74) is 3.85. The van der Waals surface area contributed by atoms with Gasteiger partial charge in [-0.15, -0.1) is 0 Å². The standard InChI is InChI=1S/C50H32O/c1-4-15-33(16-5-1)36-28-30-46-45(31-36)50-43(25-14-26-47(50)51-46)49-41-23-12-10-21-39(41)48(40-22-11-13-24-42(40)49)37-27-29-38(34-17-6-2-7-18-34)44(32-37)35-19-8-3-9-20-35/h1-32H/i1D,3D,4D,5D,8D,9D,15D,16D,19D,20D,27D,29D,32D. The fraction of sp³-hybridized carbons (Fsp3) is 0. The Morgan fingerprint density at radius 2 is 0.980 bits per heavy atom. The van der Waals surface area contributed by atoms with Crippen LogP contribution in [0.2, 0.25) is 0 Å². The van der Waals surface area contributed by atoms with E-state index in [0.29, 0.717) is 49.4 Å². The van der Waals surface area contributed by atoms with E-state index in [9.17, 15) is 4.11 Å². The van der Waals surface area contributed by atoms with E-state index in [1.165, 1.54) is 0 Å². The molecule has 0 saturated heterocycles. The maximum absolute atomic E-state index is 10.0. The van der Waals surface area contributed by atoms with Crippen molar-refractivity contribution in [2.75, 3.05) is 0 Å². The van der Waals surface area contributed by atoms with E-state index >= 15 is 0 Å². The number of fused-ring (bicyclic) bond motifs is 5. The van der Waals surface area contributed by atoms with Crippen LogP contribution in [0.3, 0.4) is 0 Å². The van der Waals surface area contributed by atoms with Gasteiger partial charge in [-0.25, -0.2) is 0 Å². The van der Waals surface area contributed by atoms with Gasteiger partial charge in [-0.3, -0.25) is 0 Å². The molecule has 0 aliphatic rings. The second-order valence-corrected chi connectivity index (χ2v) is 12.2. The lowest BCUT2D eigenvalue weighted by Gasteiger charge is -2.19. The predicted molar refractivity (Wildman–Crippen MR) is 216 cm³/mol. The SMILES string of the molecule is [2H]c1c([2H])c([2H])c(-c2ccc3oc4cccc(-c5c6ccccc6c(-c6c([2H])c([2H])c(-c7ccccc7)c(-c7c([2H])c([2H])c([2H])c([2H])c7[2H])c6[2H])c6ccccc56)c4c3c2)c([2H])c1[2H]. The topological polar surface area (TPSA) is 13.1 Å². The number of benzene rings is 9. The van der Waals surface area contributed by atoms with E-state index < -0.39 is 48.3 Å². The largest absolute Gasteiger partial charge is 0.456 e. The fourth-order valence-corrected chi connectivity index (χ4v) is 7.19. The van der Waals surface area contributed by atoms with Gasteiger partial charge in [-0.1, -0.05) is 170 Å². The van der Waals surface area contributed by atoms with E-state index in [2.05, 4.69) is 0 Å². The first kappa shape index (κ1) is 18.9. The van der Waals surface area contributed by atoms with Crippen LogP contribution in [0.25, 0.3) is 99.1 Å². The van der Waals surface area contributed by atoms with Crippen LogP contribution >= 0.6 is 0 Å². The normalized spacial score (nSPS) is 15.1. The van der Waals surface area contributed by atoms with Crippen molar-refractivity contribution in [1.82, 2.24) is 0 Å². The molecule has 0 atom stereocenters. The Bertz CT molecular complexity index is 3540. The number of hydrogen-bond acceptors (Lipinski definition) is 1. The van der Waals surface area contributed by atoms with Crippen molar-refractivity contribution in [1.29, 1.82) is 0 Å². The Morgan fingerprint density at radius 1 is 0.353 bits per heavy atom. The first-order chi connectivity index (χ1) is 30.7. The van der Waals surface area contributed by atoms with E-state index in [1.807, 2.05) is 66.7 Å². The van der Waals surface area contributed by atoms with Crippen molar-refractivity contribution in [3.05, 3.63) is 194 Å². The second-order valence-electron chi connectivity index (χ2n) is 12.2. The summed E-state index contributed by atoms with van der Waals surface area (Å²) in [6.45, 7) is 0. The van der Waals surface area contributed by atoms with Gasteiger partial charge in [0.1, 0.15) is 11.2 Å². The van der Waals surface area contributed by atoms with Crippen LogP contribution in [0.15, 0.2) is 198 Å². The molecule has 238 valence electrons. The summed E-state index contributed by atoms with van der Waals surface area (Å²) in [4.78, 5) is 0. The molecule has 1 heterocycles. The van der Waals surface area contributed by atoms with Gasteiger partial charge in [0.15, 0.2) is 0 Å². The summed E-state index contributed by atoms with van der Waals surface area (Å²) < 4.78 is 121. The highest BCUT2D eigenvalue weighted by atomic mass is 16.3. The quantitative estimate of drug-likeness (QED) is 0.167. The Hall–Kier alpha value is -6.70. The van der Waals surface area contributed by atoms with Crippen molar-refractivity contribution in [3.8, 4) is 55.6 Å². The molecular formula is C50H32O. The van der Waals surface area contributed by atoms with Crippen molar-refractivity contribution >= 4 is 43.5 Å². The van der Waals surface area contributed by atoms with Gasteiger partial charge >= 0.3 is 0 Å². The third-order valence-corrected chi connectivity index (χ3v) is 9.36. The average molecular weight is 662 g/mol. The predicted octanol–water partition coefficient (Wildman–Crippen LogP) is 14.2. The third-order valence-electron chi connectivity index (χ3n) is 9.36. The molecule has 0 aliphatic heterocycles. The lowest BCUT2D eigenvalue weighted by atomic mass is 9.83. The smallest absolute Gasteiger partial charge is 0.136 e. The van der Waals surface area contributed by atoms with Crippen molar-refractivity contribution in [3.63, 3.8) is 0 Å². The first-order valence-corrected chi connectivity index (χ1v) is 16.5. The summed E-state index contributed by atoms with van der Waals surface area (Å²) in [7, 11) is 0. The third kappa shape index (κ3) is 4.86. The van der Waals surface area contributed by atoms with Crippen LogP contribution < -0.4 is 0 Å². The van der Waals surface area contributed by atoms with Crippen LogP contribution in [0.4, 0.5) is 0 Å². The number of furan rings is 1. The minimum Gasteiger partial charge on any atom is -0.456 e. The molecule has 1 heteroatoms. The minimum atomic E-state index is -0.590. The molecule has 0 fully saturated rings. The highest BCUT2D eigenvalue weighted by Gasteiger charge is 2.21. The molecular weight excluding hydrogens is 617 g/mol. The van der Waals surface area contributed by atoms with Gasteiger partial charge in [0, 0.05) is 10.8 Å². The Balaban J connectivity index is 1.32. The monoisotopic (exact) mass is 661 g/mol. The molecule has 0 amide bonds.